The molecule has 5 N–H and O–H groups in total. The molecule has 0 bridgehead atoms. The van der Waals surface area contributed by atoms with E-state index >= 15 is 0 Å². The SMILES string of the molecule is CCNC(=O)c1ccc(N/C(C=C2CCCC2)=C(\N)C(=O)NC2CC2)cc1. The smallest absolute Gasteiger partial charge is 0.269 e. The number of nitrogens with one attached hydrogen (secondary N) is 3. The summed E-state index contributed by atoms with van der Waals surface area (Å²) in [4.78, 5) is 24.3. The quantitative estimate of drug-likeness (QED) is 0.557. The lowest BCUT2D eigenvalue weighted by Crippen LogP contribution is -2.32. The van der Waals surface area contributed by atoms with Gasteiger partial charge in [0.2, 0.25) is 0 Å². The van der Waals surface area contributed by atoms with E-state index in [-0.39, 0.29) is 23.6 Å². The van der Waals surface area contributed by atoms with Gasteiger partial charge in [0, 0.05) is 23.8 Å². The summed E-state index contributed by atoms with van der Waals surface area (Å²) in [6, 6.07) is 7.42. The molecule has 2 aliphatic carbocycles. The highest BCUT2D eigenvalue weighted by Gasteiger charge is 2.25. The number of carbonyl (C=O) groups excluding carboxylic acids is 2. The van der Waals surface area contributed by atoms with Crippen LogP contribution in [0.1, 0.15) is 55.8 Å². The second kappa shape index (κ2) is 8.75. The zero-order valence-electron chi connectivity index (χ0n) is 15.8. The first-order chi connectivity index (χ1) is 13.1. The lowest BCUT2D eigenvalue weighted by molar-refractivity contribution is -0.117. The van der Waals surface area contributed by atoms with Gasteiger partial charge in [0.25, 0.3) is 11.8 Å². The van der Waals surface area contributed by atoms with Crippen molar-refractivity contribution >= 4 is 17.5 Å². The minimum atomic E-state index is -0.228. The molecule has 0 unspecified atom stereocenters. The zero-order valence-corrected chi connectivity index (χ0v) is 15.8. The summed E-state index contributed by atoms with van der Waals surface area (Å²) in [6.07, 6.45) is 8.47. The van der Waals surface area contributed by atoms with Crippen molar-refractivity contribution in [3.05, 3.63) is 52.9 Å². The van der Waals surface area contributed by atoms with Crippen LogP contribution in [0.4, 0.5) is 5.69 Å². The maximum atomic E-state index is 12.4. The van der Waals surface area contributed by atoms with E-state index in [1.807, 2.05) is 25.1 Å². The first-order valence-electron chi connectivity index (χ1n) is 9.72. The third-order valence-electron chi connectivity index (χ3n) is 4.81. The third kappa shape index (κ3) is 5.36. The van der Waals surface area contributed by atoms with Crippen molar-refractivity contribution in [2.45, 2.75) is 51.5 Å². The monoisotopic (exact) mass is 368 g/mol. The van der Waals surface area contributed by atoms with Crippen LogP contribution in [-0.4, -0.2) is 24.4 Å². The van der Waals surface area contributed by atoms with Crippen LogP contribution in [0.3, 0.4) is 0 Å². The number of rotatable bonds is 7. The Bertz CT molecular complexity index is 753. The van der Waals surface area contributed by atoms with Gasteiger partial charge < -0.3 is 21.7 Å². The van der Waals surface area contributed by atoms with Gasteiger partial charge in [-0.1, -0.05) is 5.57 Å². The van der Waals surface area contributed by atoms with E-state index in [4.69, 9.17) is 5.73 Å². The largest absolute Gasteiger partial charge is 0.393 e. The number of carbonyl (C=O) groups is 2. The summed E-state index contributed by atoms with van der Waals surface area (Å²) < 4.78 is 0. The molecule has 0 aliphatic heterocycles. The number of hydrogen-bond donors (Lipinski definition) is 4. The average Bonchev–Trinajstić information content (AvgIpc) is 3.33. The summed E-state index contributed by atoms with van der Waals surface area (Å²) in [5, 5.41) is 8.98. The summed E-state index contributed by atoms with van der Waals surface area (Å²) in [5.41, 5.74) is 9.69. The molecule has 2 amide bonds. The molecule has 0 saturated heterocycles. The molecule has 1 aromatic carbocycles. The molecule has 1 aromatic rings. The van der Waals surface area contributed by atoms with Crippen LogP contribution in [0.2, 0.25) is 0 Å². The molecule has 6 nitrogen and oxygen atoms in total. The van der Waals surface area contributed by atoms with Crippen LogP contribution in [0.15, 0.2) is 47.3 Å². The lowest BCUT2D eigenvalue weighted by Gasteiger charge is -2.13. The maximum absolute atomic E-state index is 12.4. The Morgan fingerprint density at radius 2 is 1.81 bits per heavy atom. The molecular formula is C21H28N4O2. The predicted octanol–water partition coefficient (Wildman–Crippen LogP) is 2.80. The van der Waals surface area contributed by atoms with Gasteiger partial charge in [-0.15, -0.1) is 0 Å². The van der Waals surface area contributed by atoms with E-state index in [2.05, 4.69) is 16.0 Å². The second-order valence-corrected chi connectivity index (χ2v) is 7.15. The van der Waals surface area contributed by atoms with Crippen molar-refractivity contribution < 1.29 is 9.59 Å². The fourth-order valence-corrected chi connectivity index (χ4v) is 3.09. The molecule has 2 fully saturated rings. The number of amides is 2. The highest BCUT2D eigenvalue weighted by molar-refractivity contribution is 5.95. The fraction of sp³-hybridized carbons (Fsp3) is 0.429. The minimum Gasteiger partial charge on any atom is -0.393 e. The Hall–Kier alpha value is -2.76. The lowest BCUT2D eigenvalue weighted by atomic mass is 10.1. The molecule has 2 saturated carbocycles. The highest BCUT2D eigenvalue weighted by atomic mass is 16.2. The number of hydrogen-bond acceptors (Lipinski definition) is 4. The normalized spacial score (nSPS) is 17.1. The molecule has 0 aromatic heterocycles. The van der Waals surface area contributed by atoms with Crippen molar-refractivity contribution in [1.82, 2.24) is 10.6 Å². The summed E-state index contributed by atoms with van der Waals surface area (Å²) in [7, 11) is 0. The van der Waals surface area contributed by atoms with Crippen LogP contribution >= 0.6 is 0 Å². The number of allylic oxidation sites excluding steroid dienone is 2. The van der Waals surface area contributed by atoms with Gasteiger partial charge >= 0.3 is 0 Å². The fourth-order valence-electron chi connectivity index (χ4n) is 3.09. The molecule has 27 heavy (non-hydrogen) atoms. The Labute approximate surface area is 160 Å². The topological polar surface area (TPSA) is 96.2 Å². The van der Waals surface area contributed by atoms with E-state index in [0.29, 0.717) is 17.8 Å². The van der Waals surface area contributed by atoms with Gasteiger partial charge in [0.15, 0.2) is 0 Å². The standard InChI is InChI=1S/C21H28N4O2/c1-2-23-20(26)15-7-9-16(10-8-15)24-18(13-14-5-3-4-6-14)19(22)21(27)25-17-11-12-17/h7-10,13,17,24H,2-6,11-12,22H2,1H3,(H,23,26)(H,25,27)/b19-18-. The molecule has 0 radical (unpaired) electrons. The van der Waals surface area contributed by atoms with E-state index in [9.17, 15) is 9.59 Å². The Morgan fingerprint density at radius 3 is 2.41 bits per heavy atom. The van der Waals surface area contributed by atoms with Crippen molar-refractivity contribution in [2.24, 2.45) is 5.73 Å². The van der Waals surface area contributed by atoms with Crippen LogP contribution in [0.25, 0.3) is 0 Å². The van der Waals surface area contributed by atoms with E-state index in [0.717, 1.165) is 31.4 Å². The van der Waals surface area contributed by atoms with E-state index in [1.54, 1.807) is 12.1 Å². The molecule has 3 rings (SSSR count). The highest BCUT2D eigenvalue weighted by Crippen LogP contribution is 2.26. The van der Waals surface area contributed by atoms with Crippen molar-refractivity contribution in [3.63, 3.8) is 0 Å². The molecule has 144 valence electrons. The van der Waals surface area contributed by atoms with Crippen LogP contribution < -0.4 is 21.7 Å². The van der Waals surface area contributed by atoms with Crippen molar-refractivity contribution in [1.29, 1.82) is 0 Å². The maximum Gasteiger partial charge on any atom is 0.269 e. The van der Waals surface area contributed by atoms with Crippen LogP contribution in [0.5, 0.6) is 0 Å². The Morgan fingerprint density at radius 1 is 1.15 bits per heavy atom. The molecule has 0 heterocycles. The van der Waals surface area contributed by atoms with Gasteiger partial charge in [-0.25, -0.2) is 0 Å². The molecule has 2 aliphatic rings. The van der Waals surface area contributed by atoms with Gasteiger partial charge in [0.05, 0.1) is 5.70 Å². The molecular weight excluding hydrogens is 340 g/mol. The van der Waals surface area contributed by atoms with Gasteiger partial charge in [0.1, 0.15) is 5.70 Å². The Kier molecular flexibility index (Phi) is 6.16. The third-order valence-corrected chi connectivity index (χ3v) is 4.81. The number of benzene rings is 1. The molecule has 6 heteroatoms. The zero-order chi connectivity index (χ0) is 19.2. The van der Waals surface area contributed by atoms with Gasteiger partial charge in [-0.2, -0.15) is 0 Å². The number of nitrogens with two attached hydrogens (primary N) is 1. The molecule has 0 atom stereocenters. The first-order valence-corrected chi connectivity index (χ1v) is 9.72. The van der Waals surface area contributed by atoms with Crippen LogP contribution in [-0.2, 0) is 4.79 Å². The Balaban J connectivity index is 1.79. The second-order valence-electron chi connectivity index (χ2n) is 7.15. The van der Waals surface area contributed by atoms with E-state index in [1.165, 1.54) is 18.4 Å². The predicted molar refractivity (Wildman–Crippen MR) is 107 cm³/mol. The summed E-state index contributed by atoms with van der Waals surface area (Å²) in [6.45, 7) is 2.48. The minimum absolute atomic E-state index is 0.101. The van der Waals surface area contributed by atoms with Crippen molar-refractivity contribution in [2.75, 3.05) is 11.9 Å². The number of anilines is 1. The van der Waals surface area contributed by atoms with Gasteiger partial charge in [-0.3, -0.25) is 9.59 Å². The molecule has 0 spiro atoms. The average molecular weight is 368 g/mol. The summed E-state index contributed by atoms with van der Waals surface area (Å²) in [5.74, 6) is -0.329. The van der Waals surface area contributed by atoms with Crippen LogP contribution in [0, 0.1) is 0 Å². The van der Waals surface area contributed by atoms with Gasteiger partial charge in [-0.05, 0) is 75.8 Å². The first kappa shape index (κ1) is 19.0. The van der Waals surface area contributed by atoms with E-state index < -0.39 is 0 Å². The van der Waals surface area contributed by atoms with Crippen molar-refractivity contribution in [3.8, 4) is 0 Å². The summed E-state index contributed by atoms with van der Waals surface area (Å²) >= 11 is 0.